The van der Waals surface area contributed by atoms with Crippen molar-refractivity contribution >= 4 is 18.1 Å². The molecule has 0 unspecified atom stereocenters. The lowest BCUT2D eigenvalue weighted by Crippen LogP contribution is -2.19. The van der Waals surface area contributed by atoms with Gasteiger partial charge in [-0.3, -0.25) is 4.79 Å². The highest BCUT2D eigenvalue weighted by Gasteiger charge is 2.09. The molecule has 0 aliphatic carbocycles. The number of esters is 1. The second-order valence-electron chi connectivity index (χ2n) is 6.49. The van der Waals surface area contributed by atoms with Gasteiger partial charge in [0.2, 0.25) is 5.91 Å². The maximum Gasteiger partial charge on any atom is 0.343 e. The Balaban J connectivity index is 1.56. The van der Waals surface area contributed by atoms with Crippen LogP contribution < -0.4 is 19.6 Å². The van der Waals surface area contributed by atoms with Crippen LogP contribution in [-0.4, -0.2) is 32.3 Å². The van der Waals surface area contributed by atoms with Crippen LogP contribution >= 0.6 is 0 Å². The Morgan fingerprint density at radius 2 is 1.68 bits per heavy atom. The largest absolute Gasteiger partial charge is 0.493 e. The molecule has 0 radical (unpaired) electrons. The number of rotatable bonds is 8. The van der Waals surface area contributed by atoms with Gasteiger partial charge >= 0.3 is 5.97 Å². The first-order valence-electron chi connectivity index (χ1n) is 9.49. The molecule has 1 amide bonds. The van der Waals surface area contributed by atoms with E-state index in [2.05, 4.69) is 10.5 Å². The average Bonchev–Trinajstić information content (AvgIpc) is 2.79. The fraction of sp³-hybridized carbons (Fsp3) is 0.125. The van der Waals surface area contributed by atoms with E-state index < -0.39 is 5.97 Å². The van der Waals surface area contributed by atoms with E-state index in [4.69, 9.17) is 14.2 Å². The maximum absolute atomic E-state index is 12.2. The minimum Gasteiger partial charge on any atom is -0.493 e. The molecule has 3 rings (SSSR count). The van der Waals surface area contributed by atoms with E-state index in [1.807, 2.05) is 6.07 Å². The highest BCUT2D eigenvalue weighted by molar-refractivity contribution is 5.91. The normalized spacial score (nSPS) is 10.5. The molecule has 0 saturated carbocycles. The highest BCUT2D eigenvalue weighted by Crippen LogP contribution is 2.27. The molecular weight excluding hydrogens is 396 g/mol. The number of nitrogens with one attached hydrogen (secondary N) is 1. The number of nitrogens with zero attached hydrogens (tertiary/aromatic N) is 1. The molecule has 0 atom stereocenters. The summed E-state index contributed by atoms with van der Waals surface area (Å²) < 4.78 is 15.8. The van der Waals surface area contributed by atoms with Crippen molar-refractivity contribution in [2.75, 3.05) is 14.2 Å². The van der Waals surface area contributed by atoms with Crippen molar-refractivity contribution in [1.29, 1.82) is 0 Å². The summed E-state index contributed by atoms with van der Waals surface area (Å²) in [5.41, 5.74) is 4.38. The summed E-state index contributed by atoms with van der Waals surface area (Å²) in [6, 6.07) is 20.9. The Hall–Kier alpha value is -4.13. The van der Waals surface area contributed by atoms with Crippen LogP contribution in [0.5, 0.6) is 17.2 Å². The van der Waals surface area contributed by atoms with Gasteiger partial charge in [-0.15, -0.1) is 0 Å². The smallest absolute Gasteiger partial charge is 0.343 e. The molecule has 1 N–H and O–H groups in total. The van der Waals surface area contributed by atoms with Crippen molar-refractivity contribution in [3.8, 4) is 17.2 Å². The summed E-state index contributed by atoms with van der Waals surface area (Å²) >= 11 is 0. The molecular formula is C24H22N2O5. The van der Waals surface area contributed by atoms with Crippen LogP contribution in [0.3, 0.4) is 0 Å². The summed E-state index contributed by atoms with van der Waals surface area (Å²) in [7, 11) is 3.09. The van der Waals surface area contributed by atoms with Crippen LogP contribution in [0, 0.1) is 0 Å². The van der Waals surface area contributed by atoms with Gasteiger partial charge in [0.15, 0.2) is 11.5 Å². The van der Waals surface area contributed by atoms with Crippen molar-refractivity contribution in [1.82, 2.24) is 5.43 Å². The van der Waals surface area contributed by atoms with Gasteiger partial charge in [-0.05, 0) is 47.5 Å². The molecule has 0 aliphatic rings. The second kappa shape index (κ2) is 10.6. The molecule has 7 heteroatoms. The molecule has 0 aromatic heterocycles. The van der Waals surface area contributed by atoms with Crippen LogP contribution in [0.25, 0.3) is 0 Å². The molecule has 0 heterocycles. The van der Waals surface area contributed by atoms with Crippen LogP contribution in [0.15, 0.2) is 77.9 Å². The Bertz CT molecular complexity index is 1080. The number of amides is 1. The maximum atomic E-state index is 12.2. The number of ether oxygens (including phenoxy) is 3. The number of methoxy groups -OCH3 is 2. The molecule has 0 bridgehead atoms. The van der Waals surface area contributed by atoms with Crippen LogP contribution in [0.4, 0.5) is 0 Å². The Morgan fingerprint density at radius 3 is 2.42 bits per heavy atom. The van der Waals surface area contributed by atoms with Gasteiger partial charge in [-0.25, -0.2) is 10.2 Å². The quantitative estimate of drug-likeness (QED) is 0.261. The number of hydrogen-bond acceptors (Lipinski definition) is 6. The summed E-state index contributed by atoms with van der Waals surface area (Å²) in [4.78, 5) is 24.3. The fourth-order valence-electron chi connectivity index (χ4n) is 2.79. The Kier molecular flexibility index (Phi) is 7.37. The van der Waals surface area contributed by atoms with E-state index in [1.54, 1.807) is 73.8 Å². The second-order valence-corrected chi connectivity index (χ2v) is 6.49. The predicted octanol–water partition coefficient (Wildman–Crippen LogP) is 3.62. The highest BCUT2D eigenvalue weighted by atomic mass is 16.5. The third-order valence-electron chi connectivity index (χ3n) is 4.29. The van der Waals surface area contributed by atoms with Gasteiger partial charge in [0, 0.05) is 0 Å². The van der Waals surface area contributed by atoms with Crippen LogP contribution in [-0.2, 0) is 11.2 Å². The molecule has 0 aliphatic heterocycles. The number of carbonyl (C=O) groups is 2. The van der Waals surface area contributed by atoms with Crippen molar-refractivity contribution in [2.45, 2.75) is 6.42 Å². The Morgan fingerprint density at radius 1 is 0.903 bits per heavy atom. The van der Waals surface area contributed by atoms with Gasteiger partial charge in [-0.2, -0.15) is 5.10 Å². The van der Waals surface area contributed by atoms with Crippen LogP contribution in [0.2, 0.25) is 0 Å². The van der Waals surface area contributed by atoms with Crippen molar-refractivity contribution in [3.05, 3.63) is 89.5 Å². The van der Waals surface area contributed by atoms with Crippen molar-refractivity contribution < 1.29 is 23.8 Å². The molecule has 0 spiro atoms. The van der Waals surface area contributed by atoms with E-state index in [1.165, 1.54) is 13.3 Å². The fourth-order valence-corrected chi connectivity index (χ4v) is 2.79. The van der Waals surface area contributed by atoms with Gasteiger partial charge in [0.05, 0.1) is 32.4 Å². The van der Waals surface area contributed by atoms with E-state index in [-0.39, 0.29) is 12.3 Å². The number of carbonyl (C=O) groups excluding carboxylic acids is 2. The van der Waals surface area contributed by atoms with E-state index in [0.29, 0.717) is 28.4 Å². The lowest BCUT2D eigenvalue weighted by molar-refractivity contribution is -0.120. The molecule has 0 fully saturated rings. The first kappa shape index (κ1) is 21.6. The van der Waals surface area contributed by atoms with Gasteiger partial charge in [0.25, 0.3) is 0 Å². The summed E-state index contributed by atoms with van der Waals surface area (Å²) in [5, 5.41) is 3.97. The standard InChI is InChI=1S/C24H22N2O5/c1-29-21-12-11-17(14-22(21)30-2)15-23(27)26-25-16-18-7-6-10-20(13-18)31-24(28)19-8-4-3-5-9-19/h3-14,16H,15H2,1-2H3,(H,26,27)/b25-16+. The number of hydrazone groups is 1. The minimum atomic E-state index is -0.446. The van der Waals surface area contributed by atoms with Crippen molar-refractivity contribution in [3.63, 3.8) is 0 Å². The molecule has 0 saturated heterocycles. The topological polar surface area (TPSA) is 86.2 Å². The zero-order valence-corrected chi connectivity index (χ0v) is 17.2. The van der Waals surface area contributed by atoms with Crippen LogP contribution in [0.1, 0.15) is 21.5 Å². The summed E-state index contributed by atoms with van der Waals surface area (Å²) in [5.74, 6) is 0.804. The zero-order chi connectivity index (χ0) is 22.1. The lowest BCUT2D eigenvalue weighted by atomic mass is 10.1. The average molecular weight is 418 g/mol. The third-order valence-corrected chi connectivity index (χ3v) is 4.29. The molecule has 7 nitrogen and oxygen atoms in total. The SMILES string of the molecule is COc1ccc(CC(=O)N/N=C/c2cccc(OC(=O)c3ccccc3)c2)cc1OC. The summed E-state index contributed by atoms with van der Waals surface area (Å²) in [6.07, 6.45) is 1.61. The molecule has 3 aromatic carbocycles. The summed E-state index contributed by atoms with van der Waals surface area (Å²) in [6.45, 7) is 0. The monoisotopic (exact) mass is 418 g/mol. The number of hydrogen-bond donors (Lipinski definition) is 1. The van der Waals surface area contributed by atoms with E-state index >= 15 is 0 Å². The molecule has 31 heavy (non-hydrogen) atoms. The zero-order valence-electron chi connectivity index (χ0n) is 17.2. The van der Waals surface area contributed by atoms with E-state index in [0.717, 1.165) is 5.56 Å². The minimum absolute atomic E-state index is 0.131. The predicted molar refractivity (Wildman–Crippen MR) is 117 cm³/mol. The van der Waals surface area contributed by atoms with Gasteiger partial charge in [0.1, 0.15) is 5.75 Å². The van der Waals surface area contributed by atoms with Gasteiger partial charge < -0.3 is 14.2 Å². The Labute approximate surface area is 180 Å². The van der Waals surface area contributed by atoms with Gasteiger partial charge in [-0.1, -0.05) is 36.4 Å². The van der Waals surface area contributed by atoms with Crippen molar-refractivity contribution in [2.24, 2.45) is 5.10 Å². The third kappa shape index (κ3) is 6.17. The number of benzene rings is 3. The first-order valence-corrected chi connectivity index (χ1v) is 9.49. The molecule has 158 valence electrons. The molecule has 3 aromatic rings. The van der Waals surface area contributed by atoms with E-state index in [9.17, 15) is 9.59 Å². The lowest BCUT2D eigenvalue weighted by Gasteiger charge is -2.09. The first-order chi connectivity index (χ1) is 15.1.